The molecule has 1 N–H and O–H groups in total. The van der Waals surface area contributed by atoms with Crippen LogP contribution in [0.4, 0.5) is 0 Å². The minimum atomic E-state index is -0.252. The second-order valence-corrected chi connectivity index (χ2v) is 6.56. The van der Waals surface area contributed by atoms with Crippen molar-refractivity contribution < 1.29 is 14.4 Å². The second-order valence-electron chi connectivity index (χ2n) is 6.56. The van der Waals surface area contributed by atoms with E-state index in [1.54, 1.807) is 4.40 Å². The maximum Gasteiger partial charge on any atom is 0.233 e. The van der Waals surface area contributed by atoms with Crippen LogP contribution >= 0.6 is 0 Å². The Morgan fingerprint density at radius 2 is 1.85 bits per heavy atom. The average Bonchev–Trinajstić information content (AvgIpc) is 3.19. The van der Waals surface area contributed by atoms with Crippen molar-refractivity contribution in [1.29, 1.82) is 0 Å². The van der Waals surface area contributed by atoms with Crippen LogP contribution in [0.5, 0.6) is 0 Å². The Morgan fingerprint density at radius 1 is 1.12 bits per heavy atom. The van der Waals surface area contributed by atoms with Crippen molar-refractivity contribution in [2.75, 3.05) is 6.54 Å². The number of allylic oxidation sites excluding steroid dienone is 2. The largest absolute Gasteiger partial charge is 0.349 e. The van der Waals surface area contributed by atoms with Crippen LogP contribution in [0.15, 0.2) is 36.5 Å². The first-order valence-electron chi connectivity index (χ1n) is 8.70. The van der Waals surface area contributed by atoms with E-state index in [4.69, 9.17) is 0 Å². The lowest BCUT2D eigenvalue weighted by Gasteiger charge is -2.14. The van der Waals surface area contributed by atoms with Gasteiger partial charge in [-0.1, -0.05) is 18.2 Å². The molecule has 0 unspecified atom stereocenters. The van der Waals surface area contributed by atoms with Crippen molar-refractivity contribution in [3.63, 3.8) is 0 Å². The van der Waals surface area contributed by atoms with E-state index in [1.807, 2.05) is 36.5 Å². The Kier molecular flexibility index (Phi) is 4.24. The summed E-state index contributed by atoms with van der Waals surface area (Å²) in [5, 5.41) is 10.8. The molecule has 2 aromatic rings. The fraction of sp³-hybridized carbons (Fsp3) is 0.389. The number of aromatic nitrogens is 3. The third kappa shape index (κ3) is 2.87. The van der Waals surface area contributed by atoms with Gasteiger partial charge in [-0.15, -0.1) is 10.2 Å². The Hall–Kier alpha value is -3.03. The van der Waals surface area contributed by atoms with E-state index in [0.717, 1.165) is 0 Å². The van der Waals surface area contributed by atoms with Crippen LogP contribution in [-0.2, 0) is 20.9 Å². The summed E-state index contributed by atoms with van der Waals surface area (Å²) < 4.78 is 1.80. The Bertz CT molecular complexity index is 877. The monoisotopic (exact) mass is 353 g/mol. The summed E-state index contributed by atoms with van der Waals surface area (Å²) in [6.07, 6.45) is 7.03. The van der Waals surface area contributed by atoms with Crippen LogP contribution in [0.3, 0.4) is 0 Å². The highest BCUT2D eigenvalue weighted by Crippen LogP contribution is 2.34. The molecule has 0 aromatic carbocycles. The van der Waals surface area contributed by atoms with Crippen molar-refractivity contribution in [1.82, 2.24) is 24.8 Å². The van der Waals surface area contributed by atoms with Crippen LogP contribution < -0.4 is 5.32 Å². The first kappa shape index (κ1) is 16.4. The molecule has 1 aliphatic carbocycles. The molecule has 0 bridgehead atoms. The van der Waals surface area contributed by atoms with Gasteiger partial charge in [0.2, 0.25) is 17.7 Å². The van der Waals surface area contributed by atoms with Gasteiger partial charge in [0, 0.05) is 19.2 Å². The molecular formula is C18H19N5O3. The maximum atomic E-state index is 12.4. The van der Waals surface area contributed by atoms with Crippen LogP contribution in [0, 0.1) is 11.8 Å². The molecule has 8 nitrogen and oxygen atoms in total. The van der Waals surface area contributed by atoms with Gasteiger partial charge in [0.15, 0.2) is 11.5 Å². The number of rotatable bonds is 5. The molecule has 8 heteroatoms. The smallest absolute Gasteiger partial charge is 0.233 e. The van der Waals surface area contributed by atoms with Crippen molar-refractivity contribution >= 4 is 23.4 Å². The Balaban J connectivity index is 1.32. The molecule has 2 aromatic heterocycles. The van der Waals surface area contributed by atoms with Gasteiger partial charge < -0.3 is 5.32 Å². The van der Waals surface area contributed by atoms with Gasteiger partial charge >= 0.3 is 0 Å². The van der Waals surface area contributed by atoms with Gasteiger partial charge in [-0.05, 0) is 25.0 Å². The number of carbonyl (C=O) groups is 3. The molecule has 2 atom stereocenters. The van der Waals surface area contributed by atoms with Gasteiger partial charge in [-0.25, -0.2) is 0 Å². The van der Waals surface area contributed by atoms with Crippen LogP contribution in [0.1, 0.15) is 25.1 Å². The first-order chi connectivity index (χ1) is 12.6. The highest BCUT2D eigenvalue weighted by Gasteiger charge is 2.46. The molecule has 4 rings (SSSR count). The number of imide groups is 1. The number of amides is 3. The summed E-state index contributed by atoms with van der Waals surface area (Å²) in [5.74, 6) is -0.414. The molecule has 3 amide bonds. The minimum absolute atomic E-state index is 0.0844. The number of nitrogens with zero attached hydrogens (tertiary/aromatic N) is 4. The summed E-state index contributed by atoms with van der Waals surface area (Å²) in [6.45, 7) is 0.359. The molecule has 1 saturated heterocycles. The lowest BCUT2D eigenvalue weighted by molar-refractivity contribution is -0.140. The summed E-state index contributed by atoms with van der Waals surface area (Å²) in [4.78, 5) is 38.1. The molecule has 1 aliphatic heterocycles. The van der Waals surface area contributed by atoms with Crippen molar-refractivity contribution in [3.8, 4) is 0 Å². The van der Waals surface area contributed by atoms with E-state index in [-0.39, 0.29) is 49.1 Å². The number of hydrogen-bond acceptors (Lipinski definition) is 5. The van der Waals surface area contributed by atoms with E-state index in [2.05, 4.69) is 15.5 Å². The van der Waals surface area contributed by atoms with Crippen molar-refractivity contribution in [3.05, 3.63) is 42.4 Å². The molecule has 3 heterocycles. The second kappa shape index (κ2) is 6.70. The highest BCUT2D eigenvalue weighted by molar-refractivity contribution is 6.05. The SMILES string of the molecule is O=C(CCN1C(=O)[C@@H]2CC=CC[C@H]2C1=O)NCc1nnc2ccccn12. The summed E-state index contributed by atoms with van der Waals surface area (Å²) in [5.41, 5.74) is 0.709. The topological polar surface area (TPSA) is 96.7 Å². The van der Waals surface area contributed by atoms with E-state index < -0.39 is 0 Å². The number of nitrogens with one attached hydrogen (secondary N) is 1. The number of likely N-dealkylation sites (tertiary alicyclic amines) is 1. The zero-order chi connectivity index (χ0) is 18.1. The van der Waals surface area contributed by atoms with Crippen LogP contribution in [0.2, 0.25) is 0 Å². The molecule has 26 heavy (non-hydrogen) atoms. The fourth-order valence-corrected chi connectivity index (χ4v) is 3.58. The Morgan fingerprint density at radius 3 is 2.58 bits per heavy atom. The minimum Gasteiger partial charge on any atom is -0.349 e. The zero-order valence-electron chi connectivity index (χ0n) is 14.2. The normalized spacial score (nSPS) is 22.1. The molecular weight excluding hydrogens is 334 g/mol. The van der Waals surface area contributed by atoms with Crippen LogP contribution in [-0.4, -0.2) is 43.8 Å². The molecule has 134 valence electrons. The highest BCUT2D eigenvalue weighted by atomic mass is 16.2. The molecule has 0 saturated carbocycles. The van der Waals surface area contributed by atoms with Gasteiger partial charge in [0.05, 0.1) is 18.4 Å². The molecule has 0 radical (unpaired) electrons. The third-order valence-corrected chi connectivity index (χ3v) is 4.99. The van der Waals surface area contributed by atoms with E-state index in [0.29, 0.717) is 24.3 Å². The lowest BCUT2D eigenvalue weighted by atomic mass is 9.85. The molecule has 1 fully saturated rings. The zero-order valence-corrected chi connectivity index (χ0v) is 14.2. The quantitative estimate of drug-likeness (QED) is 0.630. The van der Waals surface area contributed by atoms with Crippen molar-refractivity contribution in [2.24, 2.45) is 11.8 Å². The summed E-state index contributed by atoms with van der Waals surface area (Å²) >= 11 is 0. The first-order valence-corrected chi connectivity index (χ1v) is 8.70. The number of fused-ring (bicyclic) bond motifs is 2. The van der Waals surface area contributed by atoms with E-state index in [1.165, 1.54) is 4.90 Å². The van der Waals surface area contributed by atoms with Crippen molar-refractivity contribution in [2.45, 2.75) is 25.8 Å². The van der Waals surface area contributed by atoms with Crippen LogP contribution in [0.25, 0.3) is 5.65 Å². The Labute approximate surface area is 149 Å². The average molecular weight is 353 g/mol. The van der Waals surface area contributed by atoms with E-state index >= 15 is 0 Å². The van der Waals surface area contributed by atoms with Gasteiger partial charge in [0.25, 0.3) is 0 Å². The maximum absolute atomic E-state index is 12.4. The molecule has 2 aliphatic rings. The number of carbonyl (C=O) groups excluding carboxylic acids is 3. The summed E-state index contributed by atoms with van der Waals surface area (Å²) in [6, 6.07) is 5.56. The predicted octanol–water partition coefficient (Wildman–Crippen LogP) is 0.687. The standard InChI is InChI=1S/C18H19N5O3/c24-16(19-11-15-21-20-14-7-3-4-9-22(14)15)8-10-23-17(25)12-5-1-2-6-13(12)18(23)26/h1-4,7,9,12-13H,5-6,8,10-11H2,(H,19,24)/t12-,13-/m1/s1. The van der Waals surface area contributed by atoms with Gasteiger partial charge in [0.1, 0.15) is 0 Å². The van der Waals surface area contributed by atoms with E-state index in [9.17, 15) is 14.4 Å². The third-order valence-electron chi connectivity index (χ3n) is 4.99. The number of pyridine rings is 1. The molecule has 0 spiro atoms. The lowest BCUT2D eigenvalue weighted by Crippen LogP contribution is -2.35. The predicted molar refractivity (Wildman–Crippen MR) is 91.5 cm³/mol. The number of hydrogen-bond donors (Lipinski definition) is 1. The summed E-state index contributed by atoms with van der Waals surface area (Å²) in [7, 11) is 0. The fourth-order valence-electron chi connectivity index (χ4n) is 3.58. The van der Waals surface area contributed by atoms with Gasteiger partial charge in [-0.2, -0.15) is 0 Å². The van der Waals surface area contributed by atoms with Gasteiger partial charge in [-0.3, -0.25) is 23.7 Å².